The Morgan fingerprint density at radius 3 is 2.71 bits per heavy atom. The summed E-state index contributed by atoms with van der Waals surface area (Å²) in [7, 11) is 0. The van der Waals surface area contributed by atoms with Gasteiger partial charge in [-0.1, -0.05) is 24.3 Å². The second kappa shape index (κ2) is 4.69. The van der Waals surface area contributed by atoms with Crippen LogP contribution in [0.5, 0.6) is 0 Å². The number of rotatable bonds is 3. The maximum Gasteiger partial charge on any atom is 0.137 e. The van der Waals surface area contributed by atoms with Crippen LogP contribution in [0.2, 0.25) is 0 Å². The number of nitrogens with two attached hydrogens (primary N) is 1. The molecule has 0 aliphatic rings. The first-order chi connectivity index (χ1) is 8.13. The van der Waals surface area contributed by atoms with Crippen molar-refractivity contribution in [2.24, 2.45) is 5.73 Å². The highest BCUT2D eigenvalue weighted by molar-refractivity contribution is 5.65. The third-order valence-corrected chi connectivity index (χ3v) is 2.84. The molecule has 0 spiro atoms. The maximum atomic E-state index is 9.66. The first kappa shape index (κ1) is 11.8. The zero-order chi connectivity index (χ0) is 12.4. The Bertz CT molecular complexity index is 519. The summed E-state index contributed by atoms with van der Waals surface area (Å²) in [5, 5.41) is 9.66. The number of aliphatic hydroxyl groups is 1. The average molecular weight is 231 g/mol. The minimum absolute atomic E-state index is 0.167. The molecular formula is C13H17N3O. The van der Waals surface area contributed by atoms with Gasteiger partial charge in [0, 0.05) is 17.8 Å². The summed E-state index contributed by atoms with van der Waals surface area (Å²) in [6.07, 6.45) is -0.730. The molecule has 2 rings (SSSR count). The molecular weight excluding hydrogens is 214 g/mol. The number of nitrogens with one attached hydrogen (secondary N) is 1. The van der Waals surface area contributed by atoms with Gasteiger partial charge in [-0.15, -0.1) is 0 Å². The molecule has 0 amide bonds. The van der Waals surface area contributed by atoms with Gasteiger partial charge in [-0.3, -0.25) is 0 Å². The number of hydrogen-bond donors (Lipinski definition) is 3. The lowest BCUT2D eigenvalue weighted by atomic mass is 10.1. The summed E-state index contributed by atoms with van der Waals surface area (Å²) in [5.74, 6) is 0.531. The minimum atomic E-state index is -0.730. The quantitative estimate of drug-likeness (QED) is 0.752. The average Bonchev–Trinajstić information content (AvgIpc) is 2.71. The van der Waals surface area contributed by atoms with E-state index >= 15 is 0 Å². The monoisotopic (exact) mass is 231 g/mol. The lowest BCUT2D eigenvalue weighted by Gasteiger charge is -2.03. The number of aliphatic hydroxyl groups excluding tert-OH is 1. The Morgan fingerprint density at radius 2 is 2.06 bits per heavy atom. The van der Waals surface area contributed by atoms with E-state index in [9.17, 15) is 5.11 Å². The number of aromatic nitrogens is 2. The van der Waals surface area contributed by atoms with Gasteiger partial charge in [0.1, 0.15) is 11.9 Å². The lowest BCUT2D eigenvalue weighted by Crippen LogP contribution is -2.12. The molecule has 0 saturated heterocycles. The van der Waals surface area contributed by atoms with Crippen LogP contribution in [0.3, 0.4) is 0 Å². The Labute approximate surface area is 101 Å². The van der Waals surface area contributed by atoms with Crippen molar-refractivity contribution in [3.63, 3.8) is 0 Å². The van der Waals surface area contributed by atoms with Crippen molar-refractivity contribution in [2.75, 3.05) is 6.54 Å². The van der Waals surface area contributed by atoms with Gasteiger partial charge >= 0.3 is 0 Å². The van der Waals surface area contributed by atoms with E-state index in [-0.39, 0.29) is 6.54 Å². The number of aryl methyl sites for hydroxylation is 2. The predicted octanol–water partition coefficient (Wildman–Crippen LogP) is 1.69. The van der Waals surface area contributed by atoms with E-state index in [1.54, 1.807) is 0 Å². The molecule has 4 N–H and O–H groups in total. The highest BCUT2D eigenvalue weighted by Crippen LogP contribution is 2.25. The van der Waals surface area contributed by atoms with Crippen LogP contribution in [-0.4, -0.2) is 21.6 Å². The van der Waals surface area contributed by atoms with E-state index < -0.39 is 6.10 Å². The smallest absolute Gasteiger partial charge is 0.137 e. The van der Waals surface area contributed by atoms with Crippen LogP contribution in [0.4, 0.5) is 0 Å². The normalized spacial score (nSPS) is 12.7. The highest BCUT2D eigenvalue weighted by Gasteiger charge is 2.14. The summed E-state index contributed by atoms with van der Waals surface area (Å²) in [4.78, 5) is 7.51. The zero-order valence-electron chi connectivity index (χ0n) is 10.1. The molecule has 4 nitrogen and oxygen atoms in total. The van der Waals surface area contributed by atoms with E-state index in [0.717, 1.165) is 22.5 Å². The van der Waals surface area contributed by atoms with E-state index in [2.05, 4.69) is 9.97 Å². The van der Waals surface area contributed by atoms with Gasteiger partial charge in [-0.05, 0) is 19.4 Å². The molecule has 17 heavy (non-hydrogen) atoms. The molecule has 0 aliphatic carbocycles. The number of hydrogen-bond acceptors (Lipinski definition) is 3. The van der Waals surface area contributed by atoms with Crippen molar-refractivity contribution in [1.29, 1.82) is 0 Å². The van der Waals surface area contributed by atoms with Crippen molar-refractivity contribution in [1.82, 2.24) is 9.97 Å². The fourth-order valence-electron chi connectivity index (χ4n) is 1.85. The first-order valence-electron chi connectivity index (χ1n) is 5.64. The molecule has 1 aromatic carbocycles. The van der Waals surface area contributed by atoms with Crippen LogP contribution in [-0.2, 0) is 0 Å². The zero-order valence-corrected chi connectivity index (χ0v) is 10.1. The molecule has 1 atom stereocenters. The molecule has 1 aromatic heterocycles. The van der Waals surface area contributed by atoms with E-state index in [4.69, 9.17) is 5.73 Å². The summed E-state index contributed by atoms with van der Waals surface area (Å²) in [6.45, 7) is 4.16. The fraction of sp³-hybridized carbons (Fsp3) is 0.308. The van der Waals surface area contributed by atoms with Crippen LogP contribution < -0.4 is 5.73 Å². The van der Waals surface area contributed by atoms with E-state index in [0.29, 0.717) is 5.82 Å². The van der Waals surface area contributed by atoms with Crippen molar-refractivity contribution in [2.45, 2.75) is 20.0 Å². The SMILES string of the molecule is Cc1ccccc1-c1nc(C(O)CN)[nH]c1C. The van der Waals surface area contributed by atoms with Crippen molar-refractivity contribution >= 4 is 0 Å². The number of nitrogens with zero attached hydrogens (tertiary/aromatic N) is 1. The second-order valence-corrected chi connectivity index (χ2v) is 4.16. The molecule has 2 aromatic rings. The van der Waals surface area contributed by atoms with Crippen molar-refractivity contribution < 1.29 is 5.11 Å². The van der Waals surface area contributed by atoms with Gasteiger partial charge in [-0.25, -0.2) is 4.98 Å². The van der Waals surface area contributed by atoms with Crippen LogP contribution >= 0.6 is 0 Å². The Kier molecular flexibility index (Phi) is 3.26. The molecule has 0 bridgehead atoms. The highest BCUT2D eigenvalue weighted by atomic mass is 16.3. The molecule has 0 fully saturated rings. The minimum Gasteiger partial charge on any atom is -0.384 e. The molecule has 90 valence electrons. The third-order valence-electron chi connectivity index (χ3n) is 2.84. The van der Waals surface area contributed by atoms with Gasteiger partial charge in [0.15, 0.2) is 0 Å². The van der Waals surface area contributed by atoms with Gasteiger partial charge in [0.05, 0.1) is 5.69 Å². The predicted molar refractivity (Wildman–Crippen MR) is 67.5 cm³/mol. The van der Waals surface area contributed by atoms with Crippen LogP contribution in [0, 0.1) is 13.8 Å². The largest absolute Gasteiger partial charge is 0.384 e. The first-order valence-corrected chi connectivity index (χ1v) is 5.64. The van der Waals surface area contributed by atoms with Crippen LogP contribution in [0.1, 0.15) is 23.2 Å². The summed E-state index contributed by atoms with van der Waals surface area (Å²) < 4.78 is 0. The maximum absolute atomic E-state index is 9.66. The molecule has 1 heterocycles. The molecule has 0 saturated carbocycles. The number of H-pyrrole nitrogens is 1. The number of aromatic amines is 1. The Balaban J connectivity index is 2.47. The third kappa shape index (κ3) is 2.23. The lowest BCUT2D eigenvalue weighted by molar-refractivity contribution is 0.177. The van der Waals surface area contributed by atoms with Crippen LogP contribution in [0.15, 0.2) is 24.3 Å². The van der Waals surface area contributed by atoms with Crippen molar-refractivity contribution in [3.8, 4) is 11.3 Å². The number of benzene rings is 1. The van der Waals surface area contributed by atoms with Gasteiger partial charge < -0.3 is 15.8 Å². The van der Waals surface area contributed by atoms with E-state index in [1.807, 2.05) is 38.1 Å². The summed E-state index contributed by atoms with van der Waals surface area (Å²) in [5.41, 5.74) is 9.49. The topological polar surface area (TPSA) is 74.9 Å². The van der Waals surface area contributed by atoms with Crippen LogP contribution in [0.25, 0.3) is 11.3 Å². The second-order valence-electron chi connectivity index (χ2n) is 4.16. The molecule has 0 radical (unpaired) electrons. The van der Waals surface area contributed by atoms with E-state index in [1.165, 1.54) is 0 Å². The van der Waals surface area contributed by atoms with Gasteiger partial charge in [-0.2, -0.15) is 0 Å². The Morgan fingerprint density at radius 1 is 1.35 bits per heavy atom. The number of imidazole rings is 1. The molecule has 4 heteroatoms. The Hall–Kier alpha value is -1.65. The fourth-order valence-corrected chi connectivity index (χ4v) is 1.85. The summed E-state index contributed by atoms with van der Waals surface area (Å²) >= 11 is 0. The van der Waals surface area contributed by atoms with Gasteiger partial charge in [0.2, 0.25) is 0 Å². The standard InChI is InChI=1S/C13H17N3O/c1-8-5-3-4-6-10(8)12-9(2)15-13(16-12)11(17)7-14/h3-6,11,17H,7,14H2,1-2H3,(H,15,16). The van der Waals surface area contributed by atoms with Crippen molar-refractivity contribution in [3.05, 3.63) is 41.3 Å². The molecule has 0 aliphatic heterocycles. The molecule has 1 unspecified atom stereocenters. The van der Waals surface area contributed by atoms with Gasteiger partial charge in [0.25, 0.3) is 0 Å². The summed E-state index contributed by atoms with van der Waals surface area (Å²) in [6, 6.07) is 8.05.